The Labute approximate surface area is 58.6 Å². The molecule has 0 aromatic carbocycles. The number of β-amino-alcohol motifs (C(OH)–C–C–N with tert-alkyl or cyclic N) is 1. The van der Waals surface area contributed by atoms with Gasteiger partial charge in [-0.25, -0.2) is 5.01 Å². The third-order valence-electron chi connectivity index (χ3n) is 1.74. The van der Waals surface area contributed by atoms with Gasteiger partial charge in [-0.2, -0.15) is 0 Å². The SMILES string of the molecule is NC(=O)C1(O)CCN(N)C1. The van der Waals surface area contributed by atoms with Crippen LogP contribution >= 0.6 is 0 Å². The summed E-state index contributed by atoms with van der Waals surface area (Å²) in [7, 11) is 0. The van der Waals surface area contributed by atoms with E-state index in [4.69, 9.17) is 11.6 Å². The lowest BCUT2D eigenvalue weighted by Gasteiger charge is -2.16. The molecule has 0 aromatic heterocycles. The molecule has 0 bridgehead atoms. The first kappa shape index (κ1) is 7.46. The van der Waals surface area contributed by atoms with E-state index < -0.39 is 11.5 Å². The van der Waals surface area contributed by atoms with Crippen molar-refractivity contribution in [1.82, 2.24) is 5.01 Å². The number of amides is 1. The predicted octanol–water partition coefficient (Wildman–Crippen LogP) is -2.22. The van der Waals surface area contributed by atoms with Gasteiger partial charge in [-0.1, -0.05) is 0 Å². The third kappa shape index (κ3) is 1.11. The van der Waals surface area contributed by atoms with Crippen LogP contribution in [-0.2, 0) is 4.79 Å². The summed E-state index contributed by atoms with van der Waals surface area (Å²) in [4.78, 5) is 10.6. The van der Waals surface area contributed by atoms with Gasteiger partial charge in [-0.15, -0.1) is 0 Å². The molecule has 0 aromatic rings. The summed E-state index contributed by atoms with van der Waals surface area (Å²) in [6.07, 6.45) is 0.332. The van der Waals surface area contributed by atoms with Crippen LogP contribution in [0.15, 0.2) is 0 Å². The number of aliphatic hydroxyl groups is 1. The van der Waals surface area contributed by atoms with E-state index in [9.17, 15) is 9.90 Å². The Morgan fingerprint density at radius 2 is 2.30 bits per heavy atom. The molecule has 5 heteroatoms. The number of rotatable bonds is 1. The Bertz CT molecular complexity index is 161. The minimum atomic E-state index is -1.39. The maximum absolute atomic E-state index is 10.6. The van der Waals surface area contributed by atoms with Crippen molar-refractivity contribution in [3.05, 3.63) is 0 Å². The molecule has 1 aliphatic rings. The fraction of sp³-hybridized carbons (Fsp3) is 0.800. The molecule has 1 rings (SSSR count). The van der Waals surface area contributed by atoms with Gasteiger partial charge >= 0.3 is 0 Å². The monoisotopic (exact) mass is 145 g/mol. The first-order valence-electron chi connectivity index (χ1n) is 3.06. The lowest BCUT2D eigenvalue weighted by atomic mass is 10.0. The molecule has 0 aliphatic carbocycles. The second-order valence-corrected chi connectivity index (χ2v) is 2.62. The summed E-state index contributed by atoms with van der Waals surface area (Å²) >= 11 is 0. The van der Waals surface area contributed by atoms with Crippen LogP contribution in [-0.4, -0.2) is 34.7 Å². The topological polar surface area (TPSA) is 92.6 Å². The molecule has 0 radical (unpaired) electrons. The molecule has 5 N–H and O–H groups in total. The van der Waals surface area contributed by atoms with E-state index in [2.05, 4.69) is 0 Å². The molecule has 10 heavy (non-hydrogen) atoms. The summed E-state index contributed by atoms with van der Waals surface area (Å²) in [5, 5.41) is 10.7. The van der Waals surface area contributed by atoms with E-state index in [1.807, 2.05) is 0 Å². The number of hydrogen-bond donors (Lipinski definition) is 3. The average Bonchev–Trinajstić information content (AvgIpc) is 2.13. The Hall–Kier alpha value is -0.650. The van der Waals surface area contributed by atoms with Crippen LogP contribution in [0.25, 0.3) is 0 Å². The highest BCUT2D eigenvalue weighted by Crippen LogP contribution is 2.17. The summed E-state index contributed by atoms with van der Waals surface area (Å²) in [6, 6.07) is 0. The van der Waals surface area contributed by atoms with Crippen molar-refractivity contribution in [2.45, 2.75) is 12.0 Å². The molecule has 1 atom stereocenters. The van der Waals surface area contributed by atoms with E-state index in [1.165, 1.54) is 5.01 Å². The van der Waals surface area contributed by atoms with Crippen LogP contribution in [0.1, 0.15) is 6.42 Å². The Balaban J connectivity index is 2.63. The van der Waals surface area contributed by atoms with E-state index in [-0.39, 0.29) is 6.54 Å². The first-order chi connectivity index (χ1) is 4.54. The number of hydrazine groups is 1. The largest absolute Gasteiger partial charge is 0.379 e. The number of nitrogens with two attached hydrogens (primary N) is 2. The van der Waals surface area contributed by atoms with Crippen LogP contribution in [0, 0.1) is 0 Å². The zero-order chi connectivity index (χ0) is 7.78. The smallest absolute Gasteiger partial charge is 0.250 e. The highest BCUT2D eigenvalue weighted by Gasteiger charge is 2.40. The van der Waals surface area contributed by atoms with Crippen molar-refractivity contribution in [2.24, 2.45) is 11.6 Å². The first-order valence-corrected chi connectivity index (χ1v) is 3.06. The standard InChI is InChI=1S/C5H11N3O2/c6-4(9)5(10)1-2-8(7)3-5/h10H,1-3,7H2,(H2,6,9). The molecule has 1 unspecified atom stereocenters. The molecule has 1 saturated heterocycles. The van der Waals surface area contributed by atoms with Crippen LogP contribution in [0.4, 0.5) is 0 Å². The normalized spacial score (nSPS) is 34.6. The van der Waals surface area contributed by atoms with Crippen LogP contribution in [0.3, 0.4) is 0 Å². The molecule has 0 spiro atoms. The molecule has 5 nitrogen and oxygen atoms in total. The average molecular weight is 145 g/mol. The van der Waals surface area contributed by atoms with Crippen LogP contribution in [0.2, 0.25) is 0 Å². The zero-order valence-electron chi connectivity index (χ0n) is 5.58. The Morgan fingerprint density at radius 3 is 2.50 bits per heavy atom. The fourth-order valence-corrected chi connectivity index (χ4v) is 1.02. The summed E-state index contributed by atoms with van der Waals surface area (Å²) in [5.74, 6) is 4.62. The molecule has 1 fully saturated rings. The summed E-state index contributed by atoms with van der Waals surface area (Å²) in [5.41, 5.74) is 3.53. The summed E-state index contributed by atoms with van der Waals surface area (Å²) in [6.45, 7) is 0.655. The minimum absolute atomic E-state index is 0.141. The van der Waals surface area contributed by atoms with Gasteiger partial charge in [0.05, 0.1) is 6.54 Å². The molecule has 0 saturated carbocycles. The van der Waals surface area contributed by atoms with Crippen LogP contribution < -0.4 is 11.6 Å². The lowest BCUT2D eigenvalue weighted by Crippen LogP contribution is -2.46. The van der Waals surface area contributed by atoms with Crippen molar-refractivity contribution in [3.63, 3.8) is 0 Å². The molecule has 58 valence electrons. The third-order valence-corrected chi connectivity index (χ3v) is 1.74. The highest BCUT2D eigenvalue weighted by molar-refractivity contribution is 5.83. The van der Waals surface area contributed by atoms with Gasteiger partial charge in [0.15, 0.2) is 5.60 Å². The molecule has 1 aliphatic heterocycles. The van der Waals surface area contributed by atoms with E-state index >= 15 is 0 Å². The van der Waals surface area contributed by atoms with Crippen molar-refractivity contribution < 1.29 is 9.90 Å². The molecular weight excluding hydrogens is 134 g/mol. The molecule has 1 amide bonds. The van der Waals surface area contributed by atoms with Crippen LogP contribution in [0.5, 0.6) is 0 Å². The van der Waals surface area contributed by atoms with Gasteiger partial charge < -0.3 is 10.8 Å². The number of hydrogen-bond acceptors (Lipinski definition) is 4. The fourth-order valence-electron chi connectivity index (χ4n) is 1.02. The van der Waals surface area contributed by atoms with Crippen molar-refractivity contribution in [2.75, 3.05) is 13.1 Å². The predicted molar refractivity (Wildman–Crippen MR) is 34.5 cm³/mol. The van der Waals surface area contributed by atoms with Crippen molar-refractivity contribution in [3.8, 4) is 0 Å². The van der Waals surface area contributed by atoms with Crippen molar-refractivity contribution in [1.29, 1.82) is 0 Å². The molecular formula is C5H11N3O2. The van der Waals surface area contributed by atoms with E-state index in [0.29, 0.717) is 13.0 Å². The number of primary amides is 1. The maximum atomic E-state index is 10.6. The quantitative estimate of drug-likeness (QED) is 0.364. The Kier molecular flexibility index (Phi) is 1.63. The van der Waals surface area contributed by atoms with Gasteiger partial charge in [0.1, 0.15) is 0 Å². The summed E-state index contributed by atoms with van der Waals surface area (Å²) < 4.78 is 0. The lowest BCUT2D eigenvalue weighted by molar-refractivity contribution is -0.134. The number of nitrogens with zero attached hydrogens (tertiary/aromatic N) is 1. The maximum Gasteiger partial charge on any atom is 0.250 e. The zero-order valence-corrected chi connectivity index (χ0v) is 5.58. The van der Waals surface area contributed by atoms with Gasteiger partial charge in [-0.3, -0.25) is 10.6 Å². The van der Waals surface area contributed by atoms with Gasteiger partial charge in [0.25, 0.3) is 5.91 Å². The number of carbonyl (C=O) groups excluding carboxylic acids is 1. The van der Waals surface area contributed by atoms with E-state index in [0.717, 1.165) is 0 Å². The highest BCUT2D eigenvalue weighted by atomic mass is 16.3. The van der Waals surface area contributed by atoms with E-state index in [1.54, 1.807) is 0 Å². The van der Waals surface area contributed by atoms with Gasteiger partial charge in [-0.05, 0) is 0 Å². The minimum Gasteiger partial charge on any atom is -0.379 e. The Morgan fingerprint density at radius 1 is 1.70 bits per heavy atom. The second kappa shape index (κ2) is 2.19. The van der Waals surface area contributed by atoms with Gasteiger partial charge in [0.2, 0.25) is 0 Å². The molecule has 1 heterocycles. The van der Waals surface area contributed by atoms with Crippen molar-refractivity contribution >= 4 is 5.91 Å². The van der Waals surface area contributed by atoms with Gasteiger partial charge in [0, 0.05) is 13.0 Å². The second-order valence-electron chi connectivity index (χ2n) is 2.62. The number of carbonyl (C=O) groups is 1.